The summed E-state index contributed by atoms with van der Waals surface area (Å²) in [7, 11) is 0. The number of thiophene rings is 1. The number of aryl methyl sites for hydroxylation is 1. The molecule has 1 nitrogen and oxygen atoms in total. The fourth-order valence-electron chi connectivity index (χ4n) is 1.74. The predicted octanol–water partition coefficient (Wildman–Crippen LogP) is 3.58. The molecule has 0 saturated heterocycles. The minimum atomic E-state index is -0.561. The van der Waals surface area contributed by atoms with Crippen molar-refractivity contribution in [1.29, 1.82) is 0 Å². The van der Waals surface area contributed by atoms with Crippen molar-refractivity contribution in [2.24, 2.45) is 5.73 Å². The molecule has 0 aliphatic heterocycles. The summed E-state index contributed by atoms with van der Waals surface area (Å²) in [5, 5.41) is 0. The van der Waals surface area contributed by atoms with Crippen LogP contribution in [-0.4, -0.2) is 0 Å². The average molecular weight is 253 g/mol. The molecule has 2 aromatic rings. The lowest BCUT2D eigenvalue weighted by Gasteiger charge is -2.09. The molecule has 1 atom stereocenters. The van der Waals surface area contributed by atoms with Crippen LogP contribution in [0.3, 0.4) is 0 Å². The first-order valence-electron chi connectivity index (χ1n) is 5.31. The Bertz CT molecular complexity index is 502. The van der Waals surface area contributed by atoms with E-state index in [9.17, 15) is 8.78 Å². The largest absolute Gasteiger partial charge is 0.323 e. The number of hydrogen-bond donors (Lipinski definition) is 1. The summed E-state index contributed by atoms with van der Waals surface area (Å²) >= 11 is 1.61. The van der Waals surface area contributed by atoms with Gasteiger partial charge in [-0.2, -0.15) is 0 Å². The Morgan fingerprint density at radius 1 is 1.18 bits per heavy atom. The maximum absolute atomic E-state index is 13.0. The van der Waals surface area contributed by atoms with Crippen LogP contribution in [0.4, 0.5) is 8.78 Å². The van der Waals surface area contributed by atoms with Crippen LogP contribution < -0.4 is 5.73 Å². The van der Waals surface area contributed by atoms with E-state index in [0.717, 1.165) is 10.9 Å². The summed E-state index contributed by atoms with van der Waals surface area (Å²) in [6.45, 7) is 2.00. The Hall–Kier alpha value is -1.26. The predicted molar refractivity (Wildman–Crippen MR) is 66.0 cm³/mol. The van der Waals surface area contributed by atoms with Crippen LogP contribution in [-0.2, 0) is 6.42 Å². The summed E-state index contributed by atoms with van der Waals surface area (Å²) in [5.74, 6) is -1.12. The van der Waals surface area contributed by atoms with E-state index in [1.807, 2.05) is 19.1 Å². The number of halogens is 2. The number of benzene rings is 1. The highest BCUT2D eigenvalue weighted by Gasteiger charge is 2.10. The maximum atomic E-state index is 13.0. The van der Waals surface area contributed by atoms with Crippen molar-refractivity contribution in [3.63, 3.8) is 0 Å². The highest BCUT2D eigenvalue weighted by atomic mass is 32.1. The van der Waals surface area contributed by atoms with E-state index >= 15 is 0 Å². The molecule has 2 rings (SSSR count). The third-order valence-electron chi connectivity index (χ3n) is 2.50. The second-order valence-corrected chi connectivity index (χ2v) is 5.36. The van der Waals surface area contributed by atoms with Gasteiger partial charge in [0.05, 0.1) is 0 Å². The lowest BCUT2D eigenvalue weighted by molar-refractivity contribution is 0.577. The molecular weight excluding hydrogens is 240 g/mol. The van der Waals surface area contributed by atoms with Crippen LogP contribution in [0.5, 0.6) is 0 Å². The molecule has 0 aliphatic carbocycles. The van der Waals surface area contributed by atoms with Crippen molar-refractivity contribution in [3.8, 4) is 0 Å². The zero-order chi connectivity index (χ0) is 12.4. The second kappa shape index (κ2) is 4.94. The van der Waals surface area contributed by atoms with Gasteiger partial charge in [0.1, 0.15) is 11.6 Å². The van der Waals surface area contributed by atoms with E-state index < -0.39 is 11.6 Å². The molecule has 1 unspecified atom stereocenters. The van der Waals surface area contributed by atoms with Gasteiger partial charge in [-0.15, -0.1) is 11.3 Å². The normalized spacial score (nSPS) is 12.7. The molecule has 1 heterocycles. The Kier molecular flexibility index (Phi) is 3.54. The number of rotatable bonds is 3. The molecule has 0 radical (unpaired) electrons. The van der Waals surface area contributed by atoms with Gasteiger partial charge in [0.15, 0.2) is 0 Å². The van der Waals surface area contributed by atoms with E-state index in [1.54, 1.807) is 11.3 Å². The Morgan fingerprint density at radius 3 is 2.35 bits per heavy atom. The molecule has 0 saturated carbocycles. The first-order valence-corrected chi connectivity index (χ1v) is 6.13. The molecule has 1 aromatic carbocycles. The van der Waals surface area contributed by atoms with E-state index in [-0.39, 0.29) is 6.04 Å². The Labute approximate surface area is 103 Å². The van der Waals surface area contributed by atoms with Crippen molar-refractivity contribution in [2.75, 3.05) is 0 Å². The molecule has 17 heavy (non-hydrogen) atoms. The zero-order valence-electron chi connectivity index (χ0n) is 9.41. The van der Waals surface area contributed by atoms with Gasteiger partial charge in [0.2, 0.25) is 0 Å². The maximum Gasteiger partial charge on any atom is 0.126 e. The average Bonchev–Trinajstić information content (AvgIpc) is 2.63. The third kappa shape index (κ3) is 3.11. The minimum Gasteiger partial charge on any atom is -0.323 e. The van der Waals surface area contributed by atoms with Crippen LogP contribution in [0.15, 0.2) is 30.3 Å². The topological polar surface area (TPSA) is 26.0 Å². The molecular formula is C13H13F2NS. The fourth-order valence-corrected chi connectivity index (χ4v) is 2.61. The molecule has 0 fully saturated rings. The van der Waals surface area contributed by atoms with E-state index in [1.165, 1.54) is 17.0 Å². The van der Waals surface area contributed by atoms with Crippen molar-refractivity contribution in [1.82, 2.24) is 0 Å². The van der Waals surface area contributed by atoms with Gasteiger partial charge in [-0.05, 0) is 43.2 Å². The van der Waals surface area contributed by atoms with Gasteiger partial charge in [-0.25, -0.2) is 8.78 Å². The van der Waals surface area contributed by atoms with Crippen LogP contribution >= 0.6 is 11.3 Å². The molecule has 0 spiro atoms. The summed E-state index contributed by atoms with van der Waals surface area (Å²) in [4.78, 5) is 2.22. The first-order chi connectivity index (χ1) is 8.04. The van der Waals surface area contributed by atoms with Crippen molar-refractivity contribution in [2.45, 2.75) is 19.4 Å². The van der Waals surface area contributed by atoms with Crippen LogP contribution in [0.1, 0.15) is 21.4 Å². The molecule has 2 N–H and O–H groups in total. The van der Waals surface area contributed by atoms with Gasteiger partial charge in [-0.1, -0.05) is 0 Å². The lowest BCUT2D eigenvalue weighted by Crippen LogP contribution is -2.12. The quantitative estimate of drug-likeness (QED) is 0.889. The van der Waals surface area contributed by atoms with Gasteiger partial charge < -0.3 is 5.73 Å². The number of hydrogen-bond acceptors (Lipinski definition) is 2. The molecule has 0 bridgehead atoms. The van der Waals surface area contributed by atoms with E-state index in [0.29, 0.717) is 12.0 Å². The Morgan fingerprint density at radius 2 is 1.82 bits per heavy atom. The van der Waals surface area contributed by atoms with E-state index in [4.69, 9.17) is 5.73 Å². The summed E-state index contributed by atoms with van der Waals surface area (Å²) in [5.41, 5.74) is 6.59. The summed E-state index contributed by atoms with van der Waals surface area (Å²) in [6, 6.07) is 7.25. The van der Waals surface area contributed by atoms with Crippen molar-refractivity contribution in [3.05, 3.63) is 57.3 Å². The number of nitrogens with two attached hydrogens (primary N) is 1. The minimum absolute atomic E-state index is 0.213. The van der Waals surface area contributed by atoms with Gasteiger partial charge in [-0.3, -0.25) is 0 Å². The highest BCUT2D eigenvalue weighted by Crippen LogP contribution is 2.24. The van der Waals surface area contributed by atoms with E-state index in [2.05, 4.69) is 0 Å². The Balaban J connectivity index is 2.15. The molecule has 0 aliphatic rings. The summed E-state index contributed by atoms with van der Waals surface area (Å²) in [6.07, 6.45) is 0.439. The van der Waals surface area contributed by atoms with Gasteiger partial charge in [0, 0.05) is 21.9 Å². The fraction of sp³-hybridized carbons (Fsp3) is 0.231. The van der Waals surface area contributed by atoms with Crippen LogP contribution in [0.2, 0.25) is 0 Å². The highest BCUT2D eigenvalue weighted by molar-refractivity contribution is 7.12. The smallest absolute Gasteiger partial charge is 0.126 e. The zero-order valence-corrected chi connectivity index (χ0v) is 10.2. The molecule has 1 aromatic heterocycles. The third-order valence-corrected chi connectivity index (χ3v) is 3.64. The summed E-state index contributed by atoms with van der Waals surface area (Å²) < 4.78 is 26.0. The van der Waals surface area contributed by atoms with Crippen molar-refractivity contribution < 1.29 is 8.78 Å². The SMILES string of the molecule is Cc1ccc(C(N)Cc2cc(F)cc(F)c2)s1. The monoisotopic (exact) mass is 253 g/mol. The molecule has 0 amide bonds. The lowest BCUT2D eigenvalue weighted by atomic mass is 10.1. The first kappa shape index (κ1) is 12.2. The van der Waals surface area contributed by atoms with Gasteiger partial charge in [0.25, 0.3) is 0 Å². The molecule has 90 valence electrons. The van der Waals surface area contributed by atoms with Crippen LogP contribution in [0, 0.1) is 18.6 Å². The second-order valence-electron chi connectivity index (χ2n) is 4.04. The van der Waals surface area contributed by atoms with Gasteiger partial charge >= 0.3 is 0 Å². The van der Waals surface area contributed by atoms with Crippen molar-refractivity contribution >= 4 is 11.3 Å². The van der Waals surface area contributed by atoms with Crippen LogP contribution in [0.25, 0.3) is 0 Å². The molecule has 4 heteroatoms. The standard InChI is InChI=1S/C13H13F2NS/c1-8-2-3-13(17-8)12(16)6-9-4-10(14)7-11(15)5-9/h2-5,7,12H,6,16H2,1H3.